The Labute approximate surface area is 161 Å². The van der Waals surface area contributed by atoms with Crippen LogP contribution in [0.3, 0.4) is 0 Å². The molecule has 8 nitrogen and oxygen atoms in total. The van der Waals surface area contributed by atoms with E-state index < -0.39 is 11.9 Å². The fraction of sp³-hybridized carbons (Fsp3) is 0.150. The van der Waals surface area contributed by atoms with Crippen LogP contribution in [0.1, 0.15) is 11.1 Å². The van der Waals surface area contributed by atoms with Crippen molar-refractivity contribution < 1.29 is 23.9 Å². The van der Waals surface area contributed by atoms with E-state index in [1.807, 2.05) is 31.2 Å². The van der Waals surface area contributed by atoms with Crippen LogP contribution in [0.5, 0.6) is 11.5 Å². The minimum absolute atomic E-state index is 0.137. The Kier molecular flexibility index (Phi) is 5.59. The van der Waals surface area contributed by atoms with Gasteiger partial charge in [-0.1, -0.05) is 23.8 Å². The van der Waals surface area contributed by atoms with Crippen LogP contribution in [-0.4, -0.2) is 31.6 Å². The molecule has 3 N–H and O–H groups in total. The molecule has 1 saturated heterocycles. The maximum atomic E-state index is 12.1. The molecule has 0 atom stereocenters. The van der Waals surface area contributed by atoms with Gasteiger partial charge < -0.3 is 20.1 Å². The number of benzene rings is 2. The highest BCUT2D eigenvalue weighted by Crippen LogP contribution is 2.29. The van der Waals surface area contributed by atoms with E-state index in [0.29, 0.717) is 22.7 Å². The van der Waals surface area contributed by atoms with Crippen LogP contribution in [0.15, 0.2) is 48.2 Å². The smallest absolute Gasteiger partial charge is 0.326 e. The van der Waals surface area contributed by atoms with Crippen molar-refractivity contribution in [3.8, 4) is 11.5 Å². The molecule has 3 rings (SSSR count). The standard InChI is InChI=1S/C20H19N3O5/c1-12-3-6-14(7-4-12)21-18(24)11-28-16-8-5-13(10-17(16)27-2)9-15-19(25)23-20(26)22-15/h3-10H,11H2,1-2H3,(H,21,24)(H2,22,23,25,26)/b15-9+. The first kappa shape index (κ1) is 19.0. The predicted molar refractivity (Wildman–Crippen MR) is 103 cm³/mol. The summed E-state index contributed by atoms with van der Waals surface area (Å²) in [4.78, 5) is 34.8. The number of carbonyl (C=O) groups is 3. The summed E-state index contributed by atoms with van der Waals surface area (Å²) in [7, 11) is 1.47. The number of rotatable bonds is 6. The van der Waals surface area contributed by atoms with Crippen molar-refractivity contribution in [1.82, 2.24) is 10.6 Å². The van der Waals surface area contributed by atoms with Crippen molar-refractivity contribution in [3.63, 3.8) is 0 Å². The van der Waals surface area contributed by atoms with E-state index in [2.05, 4.69) is 16.0 Å². The van der Waals surface area contributed by atoms with Crippen molar-refractivity contribution in [2.75, 3.05) is 19.0 Å². The molecule has 0 saturated carbocycles. The van der Waals surface area contributed by atoms with Crippen molar-refractivity contribution >= 4 is 29.6 Å². The quantitative estimate of drug-likeness (QED) is 0.525. The third-order valence-electron chi connectivity index (χ3n) is 3.91. The second kappa shape index (κ2) is 8.26. The molecule has 8 heteroatoms. The van der Waals surface area contributed by atoms with E-state index >= 15 is 0 Å². The summed E-state index contributed by atoms with van der Waals surface area (Å²) in [5.41, 5.74) is 2.55. The second-order valence-corrected chi connectivity index (χ2v) is 6.08. The number of aryl methyl sites for hydroxylation is 1. The summed E-state index contributed by atoms with van der Waals surface area (Å²) >= 11 is 0. The number of methoxy groups -OCH3 is 1. The van der Waals surface area contributed by atoms with Gasteiger partial charge in [0.1, 0.15) is 5.70 Å². The van der Waals surface area contributed by atoms with Crippen LogP contribution < -0.4 is 25.4 Å². The Hall–Kier alpha value is -3.81. The van der Waals surface area contributed by atoms with Crippen LogP contribution in [0.4, 0.5) is 10.5 Å². The summed E-state index contributed by atoms with van der Waals surface area (Å²) in [6.07, 6.45) is 1.51. The molecule has 0 aromatic heterocycles. The Morgan fingerprint density at radius 1 is 1.07 bits per heavy atom. The molecular weight excluding hydrogens is 362 g/mol. The Balaban J connectivity index is 1.64. The molecule has 1 fully saturated rings. The Bertz CT molecular complexity index is 951. The number of hydrogen-bond donors (Lipinski definition) is 3. The molecule has 0 spiro atoms. The second-order valence-electron chi connectivity index (χ2n) is 6.08. The van der Waals surface area contributed by atoms with Crippen molar-refractivity contribution in [2.24, 2.45) is 0 Å². The first-order chi connectivity index (χ1) is 13.4. The number of nitrogens with one attached hydrogen (secondary N) is 3. The molecule has 2 aromatic carbocycles. The number of hydrogen-bond acceptors (Lipinski definition) is 5. The van der Waals surface area contributed by atoms with Crippen LogP contribution in [0.25, 0.3) is 6.08 Å². The highest BCUT2D eigenvalue weighted by molar-refractivity contribution is 6.14. The lowest BCUT2D eigenvalue weighted by Crippen LogP contribution is -2.22. The highest BCUT2D eigenvalue weighted by Gasteiger charge is 2.22. The van der Waals surface area contributed by atoms with Crippen LogP contribution in [0.2, 0.25) is 0 Å². The summed E-state index contributed by atoms with van der Waals surface area (Å²) in [5.74, 6) is -0.0367. The van der Waals surface area contributed by atoms with Gasteiger partial charge >= 0.3 is 6.03 Å². The Morgan fingerprint density at radius 2 is 1.82 bits per heavy atom. The molecule has 1 heterocycles. The van der Waals surface area contributed by atoms with Crippen LogP contribution in [0, 0.1) is 6.92 Å². The molecule has 28 heavy (non-hydrogen) atoms. The fourth-order valence-corrected chi connectivity index (χ4v) is 2.52. The van der Waals surface area contributed by atoms with E-state index in [9.17, 15) is 14.4 Å². The molecule has 4 amide bonds. The number of urea groups is 1. The van der Waals surface area contributed by atoms with Crippen LogP contribution >= 0.6 is 0 Å². The zero-order chi connectivity index (χ0) is 20.1. The largest absolute Gasteiger partial charge is 0.493 e. The minimum atomic E-state index is -0.567. The SMILES string of the molecule is COc1cc(/C=C2/NC(=O)NC2=O)ccc1OCC(=O)Nc1ccc(C)cc1. The van der Waals surface area contributed by atoms with Gasteiger partial charge in [-0.2, -0.15) is 0 Å². The average Bonchev–Trinajstić information content (AvgIpc) is 2.99. The fourth-order valence-electron chi connectivity index (χ4n) is 2.52. The van der Waals surface area contributed by atoms with Gasteiger partial charge in [-0.15, -0.1) is 0 Å². The summed E-state index contributed by atoms with van der Waals surface area (Å²) in [6, 6.07) is 11.8. The molecule has 0 aliphatic carbocycles. The van der Waals surface area contributed by atoms with Gasteiger partial charge in [0, 0.05) is 5.69 Å². The number of carbonyl (C=O) groups excluding carboxylic acids is 3. The lowest BCUT2D eigenvalue weighted by molar-refractivity contribution is -0.118. The summed E-state index contributed by atoms with van der Waals surface area (Å²) in [5, 5.41) is 7.28. The molecule has 1 aliphatic heterocycles. The third kappa shape index (κ3) is 4.67. The molecule has 1 aliphatic rings. The third-order valence-corrected chi connectivity index (χ3v) is 3.91. The van der Waals surface area contributed by atoms with Gasteiger partial charge in [-0.25, -0.2) is 4.79 Å². The highest BCUT2D eigenvalue weighted by atomic mass is 16.5. The first-order valence-corrected chi connectivity index (χ1v) is 8.46. The molecule has 0 unspecified atom stereocenters. The lowest BCUT2D eigenvalue weighted by Gasteiger charge is -2.12. The monoisotopic (exact) mass is 381 g/mol. The van der Waals surface area contributed by atoms with Crippen molar-refractivity contribution in [2.45, 2.75) is 6.92 Å². The summed E-state index contributed by atoms with van der Waals surface area (Å²) < 4.78 is 10.8. The van der Waals surface area contributed by atoms with Gasteiger partial charge in [-0.05, 0) is 42.8 Å². The normalized spacial score (nSPS) is 14.4. The maximum Gasteiger partial charge on any atom is 0.326 e. The van der Waals surface area contributed by atoms with Gasteiger partial charge in [0.25, 0.3) is 11.8 Å². The Morgan fingerprint density at radius 3 is 2.46 bits per heavy atom. The summed E-state index contributed by atoms with van der Waals surface area (Å²) in [6.45, 7) is 1.77. The predicted octanol–water partition coefficient (Wildman–Crippen LogP) is 2.20. The number of anilines is 1. The molecular formula is C20H19N3O5. The zero-order valence-electron chi connectivity index (χ0n) is 15.4. The maximum absolute atomic E-state index is 12.1. The lowest BCUT2D eigenvalue weighted by atomic mass is 10.1. The van der Waals surface area contributed by atoms with Gasteiger partial charge in [-0.3, -0.25) is 14.9 Å². The van der Waals surface area contributed by atoms with E-state index in [1.54, 1.807) is 18.2 Å². The van der Waals surface area contributed by atoms with E-state index in [-0.39, 0.29) is 18.2 Å². The zero-order valence-corrected chi connectivity index (χ0v) is 15.4. The first-order valence-electron chi connectivity index (χ1n) is 8.46. The average molecular weight is 381 g/mol. The molecule has 0 bridgehead atoms. The number of amides is 4. The topological polar surface area (TPSA) is 106 Å². The minimum Gasteiger partial charge on any atom is -0.493 e. The van der Waals surface area contributed by atoms with E-state index in [0.717, 1.165) is 5.56 Å². The van der Waals surface area contributed by atoms with Crippen molar-refractivity contribution in [3.05, 3.63) is 59.3 Å². The van der Waals surface area contributed by atoms with Gasteiger partial charge in [0.2, 0.25) is 0 Å². The number of ether oxygens (including phenoxy) is 2. The molecule has 2 aromatic rings. The number of imide groups is 1. The molecule has 144 valence electrons. The van der Waals surface area contributed by atoms with Crippen LogP contribution in [-0.2, 0) is 9.59 Å². The van der Waals surface area contributed by atoms with Gasteiger partial charge in [0.05, 0.1) is 7.11 Å². The van der Waals surface area contributed by atoms with Gasteiger partial charge in [0.15, 0.2) is 18.1 Å². The van der Waals surface area contributed by atoms with E-state index in [1.165, 1.54) is 13.2 Å². The van der Waals surface area contributed by atoms with Crippen molar-refractivity contribution in [1.29, 1.82) is 0 Å². The van der Waals surface area contributed by atoms with E-state index in [4.69, 9.17) is 9.47 Å². The molecule has 0 radical (unpaired) electrons.